The second-order valence-corrected chi connectivity index (χ2v) is 8.02. The minimum atomic E-state index is 0.0786. The van der Waals surface area contributed by atoms with Gasteiger partial charge in [0.2, 0.25) is 5.91 Å². The Morgan fingerprint density at radius 1 is 1.35 bits per heavy atom. The molecule has 5 heteroatoms. The maximum absolute atomic E-state index is 12.3. The summed E-state index contributed by atoms with van der Waals surface area (Å²) in [5.74, 6) is 2.67. The molecule has 1 aromatic rings. The van der Waals surface area contributed by atoms with Crippen LogP contribution in [0.1, 0.15) is 30.4 Å². The molecule has 0 radical (unpaired) electrons. The Bertz CT molecular complexity index is 557. The molecule has 1 aliphatic carbocycles. The van der Waals surface area contributed by atoms with Crippen LogP contribution in [0.3, 0.4) is 0 Å². The number of aryl methyl sites for hydroxylation is 1. The topological polar surface area (TPSA) is 58.4 Å². The fourth-order valence-electron chi connectivity index (χ4n) is 3.47. The van der Waals surface area contributed by atoms with Crippen molar-refractivity contribution in [3.8, 4) is 0 Å². The van der Waals surface area contributed by atoms with Gasteiger partial charge < -0.3 is 11.1 Å². The van der Waals surface area contributed by atoms with Gasteiger partial charge in [0.15, 0.2) is 0 Å². The van der Waals surface area contributed by atoms with Crippen LogP contribution in [0.25, 0.3) is 0 Å². The molecule has 1 aromatic carbocycles. The molecule has 0 bridgehead atoms. The van der Waals surface area contributed by atoms with E-state index >= 15 is 0 Å². The van der Waals surface area contributed by atoms with E-state index in [0.29, 0.717) is 0 Å². The van der Waals surface area contributed by atoms with Crippen LogP contribution in [0.4, 0.5) is 5.69 Å². The summed E-state index contributed by atoms with van der Waals surface area (Å²) in [6.07, 6.45) is 2.69. The van der Waals surface area contributed by atoms with E-state index in [4.69, 9.17) is 5.73 Å². The summed E-state index contributed by atoms with van der Waals surface area (Å²) in [6, 6.07) is 6.59. The molecule has 2 unspecified atom stereocenters. The van der Waals surface area contributed by atoms with Crippen molar-refractivity contribution < 1.29 is 4.79 Å². The summed E-state index contributed by atoms with van der Waals surface area (Å²) in [5, 5.41) is 3.09. The van der Waals surface area contributed by atoms with Gasteiger partial charge in [-0.15, -0.1) is 0 Å². The van der Waals surface area contributed by atoms with Crippen molar-refractivity contribution in [2.75, 3.05) is 29.9 Å². The van der Waals surface area contributed by atoms with Gasteiger partial charge in [-0.2, -0.15) is 11.8 Å². The van der Waals surface area contributed by atoms with Crippen LogP contribution in [-0.2, 0) is 11.3 Å². The summed E-state index contributed by atoms with van der Waals surface area (Å²) < 4.78 is 0. The minimum absolute atomic E-state index is 0.0786. The van der Waals surface area contributed by atoms with Crippen LogP contribution in [0.5, 0.6) is 0 Å². The molecule has 1 saturated carbocycles. The van der Waals surface area contributed by atoms with Gasteiger partial charge in [0.1, 0.15) is 0 Å². The molecule has 0 aromatic heterocycles. The molecule has 2 fully saturated rings. The van der Waals surface area contributed by atoms with E-state index in [1.54, 1.807) is 0 Å². The first kappa shape index (κ1) is 16.8. The molecule has 3 N–H and O–H groups in total. The van der Waals surface area contributed by atoms with Crippen molar-refractivity contribution in [1.82, 2.24) is 4.90 Å². The first-order chi connectivity index (χ1) is 11.1. The number of rotatable bonds is 4. The van der Waals surface area contributed by atoms with Crippen LogP contribution in [0.2, 0.25) is 0 Å². The van der Waals surface area contributed by atoms with Gasteiger partial charge in [-0.1, -0.05) is 12.1 Å². The monoisotopic (exact) mass is 333 g/mol. The smallest absolute Gasteiger partial charge is 0.227 e. The molecule has 1 heterocycles. The predicted octanol–water partition coefficient (Wildman–Crippen LogP) is 2.61. The molecule has 126 valence electrons. The van der Waals surface area contributed by atoms with Crippen molar-refractivity contribution in [1.29, 1.82) is 0 Å². The van der Waals surface area contributed by atoms with E-state index < -0.39 is 0 Å². The van der Waals surface area contributed by atoms with Crippen molar-refractivity contribution in [3.05, 3.63) is 29.3 Å². The van der Waals surface area contributed by atoms with Crippen LogP contribution in [0.15, 0.2) is 18.2 Å². The number of anilines is 1. The molecule has 23 heavy (non-hydrogen) atoms. The number of hydrogen-bond acceptors (Lipinski definition) is 4. The Morgan fingerprint density at radius 2 is 2.13 bits per heavy atom. The average Bonchev–Trinajstić information content (AvgIpc) is 2.98. The first-order valence-corrected chi connectivity index (χ1v) is 9.73. The zero-order valence-corrected chi connectivity index (χ0v) is 14.7. The van der Waals surface area contributed by atoms with Crippen LogP contribution >= 0.6 is 11.8 Å². The Labute approximate surface area is 143 Å². The molecule has 3 rings (SSSR count). The van der Waals surface area contributed by atoms with Gasteiger partial charge >= 0.3 is 0 Å². The van der Waals surface area contributed by atoms with E-state index in [1.165, 1.54) is 30.2 Å². The lowest BCUT2D eigenvalue weighted by molar-refractivity contribution is -0.119. The van der Waals surface area contributed by atoms with Crippen LogP contribution in [-0.4, -0.2) is 41.4 Å². The average molecular weight is 334 g/mol. The minimum Gasteiger partial charge on any atom is -0.328 e. The third kappa shape index (κ3) is 4.49. The number of benzene rings is 1. The Hall–Kier alpha value is -1.04. The Kier molecular flexibility index (Phi) is 5.62. The lowest BCUT2D eigenvalue weighted by atomic mass is 10.1. The molecular weight excluding hydrogens is 306 g/mol. The largest absolute Gasteiger partial charge is 0.328 e. The Morgan fingerprint density at radius 3 is 2.78 bits per heavy atom. The second-order valence-electron chi connectivity index (χ2n) is 6.80. The number of nitrogens with one attached hydrogen (secondary N) is 1. The molecule has 0 spiro atoms. The first-order valence-electron chi connectivity index (χ1n) is 8.58. The number of thioether (sulfide) groups is 1. The highest BCUT2D eigenvalue weighted by atomic mass is 32.2. The number of carbonyl (C=O) groups is 1. The summed E-state index contributed by atoms with van der Waals surface area (Å²) in [5.41, 5.74) is 9.32. The zero-order chi connectivity index (χ0) is 16.2. The molecule has 1 aliphatic heterocycles. The number of carbonyl (C=O) groups excluding carboxylic acids is 1. The van der Waals surface area contributed by atoms with Gasteiger partial charge in [-0.05, 0) is 43.4 Å². The highest BCUT2D eigenvalue weighted by Gasteiger charge is 2.27. The van der Waals surface area contributed by atoms with Crippen molar-refractivity contribution in [3.63, 3.8) is 0 Å². The lowest BCUT2D eigenvalue weighted by Crippen LogP contribution is -2.32. The molecular formula is C18H27N3OS. The van der Waals surface area contributed by atoms with Crippen molar-refractivity contribution >= 4 is 23.4 Å². The Balaban J connectivity index is 1.59. The van der Waals surface area contributed by atoms with Crippen LogP contribution < -0.4 is 11.1 Å². The van der Waals surface area contributed by atoms with E-state index in [1.807, 2.05) is 11.8 Å². The van der Waals surface area contributed by atoms with E-state index in [-0.39, 0.29) is 17.9 Å². The summed E-state index contributed by atoms with van der Waals surface area (Å²) in [4.78, 5) is 14.8. The molecule has 2 aliphatic rings. The quantitative estimate of drug-likeness (QED) is 0.889. The standard InChI is InChI=1S/C18H27N3OS/c1-13-10-14(12-21-6-8-23-9-7-21)2-5-17(13)20-18(22)15-3-4-16(19)11-15/h2,5,10,15-16H,3-4,6-9,11-12,19H2,1H3,(H,20,22). The van der Waals surface area contributed by atoms with E-state index in [9.17, 15) is 4.79 Å². The highest BCUT2D eigenvalue weighted by molar-refractivity contribution is 7.99. The van der Waals surface area contributed by atoms with Gasteiger partial charge in [-0.3, -0.25) is 9.69 Å². The lowest BCUT2D eigenvalue weighted by Gasteiger charge is -2.26. The van der Waals surface area contributed by atoms with Gasteiger partial charge in [-0.25, -0.2) is 0 Å². The second kappa shape index (κ2) is 7.69. The number of hydrogen-bond donors (Lipinski definition) is 2. The number of nitrogens with two attached hydrogens (primary N) is 1. The molecule has 1 amide bonds. The van der Waals surface area contributed by atoms with Crippen molar-refractivity contribution in [2.45, 2.75) is 38.8 Å². The fourth-order valence-corrected chi connectivity index (χ4v) is 4.45. The highest BCUT2D eigenvalue weighted by Crippen LogP contribution is 2.26. The molecule has 1 saturated heterocycles. The maximum Gasteiger partial charge on any atom is 0.227 e. The fraction of sp³-hybridized carbons (Fsp3) is 0.611. The SMILES string of the molecule is Cc1cc(CN2CCSCC2)ccc1NC(=O)C1CCC(N)C1. The summed E-state index contributed by atoms with van der Waals surface area (Å²) in [7, 11) is 0. The molecule has 2 atom stereocenters. The third-order valence-corrected chi connectivity index (χ3v) is 5.85. The van der Waals surface area contributed by atoms with Gasteiger partial charge in [0, 0.05) is 48.8 Å². The normalized spacial score (nSPS) is 25.5. The zero-order valence-electron chi connectivity index (χ0n) is 13.9. The summed E-state index contributed by atoms with van der Waals surface area (Å²) in [6.45, 7) is 5.42. The third-order valence-electron chi connectivity index (χ3n) is 4.90. The van der Waals surface area contributed by atoms with E-state index in [0.717, 1.165) is 37.1 Å². The summed E-state index contributed by atoms with van der Waals surface area (Å²) >= 11 is 2.04. The van der Waals surface area contributed by atoms with Crippen LogP contribution in [0, 0.1) is 12.8 Å². The van der Waals surface area contributed by atoms with E-state index in [2.05, 4.69) is 35.3 Å². The van der Waals surface area contributed by atoms with Gasteiger partial charge in [0.25, 0.3) is 0 Å². The molecule has 4 nitrogen and oxygen atoms in total. The van der Waals surface area contributed by atoms with Gasteiger partial charge in [0.05, 0.1) is 0 Å². The maximum atomic E-state index is 12.3. The number of amides is 1. The van der Waals surface area contributed by atoms with Crippen molar-refractivity contribution in [2.24, 2.45) is 11.7 Å². The predicted molar refractivity (Wildman–Crippen MR) is 97.7 cm³/mol. The number of nitrogens with zero attached hydrogens (tertiary/aromatic N) is 1.